The molecular weight excluding hydrogens is 300 g/mol. The summed E-state index contributed by atoms with van der Waals surface area (Å²) in [6.07, 6.45) is 0.0381. The number of rotatable bonds is 9. The van der Waals surface area contributed by atoms with Crippen molar-refractivity contribution < 1.29 is 23.9 Å². The first kappa shape index (κ1) is 18.6. The molecule has 0 aliphatic rings. The molecule has 0 radical (unpaired) electrons. The van der Waals surface area contributed by atoms with E-state index in [4.69, 9.17) is 9.47 Å². The van der Waals surface area contributed by atoms with Crippen LogP contribution in [0, 0.1) is 0 Å². The van der Waals surface area contributed by atoms with Crippen molar-refractivity contribution in [1.82, 2.24) is 5.32 Å². The van der Waals surface area contributed by atoms with Crippen LogP contribution in [0.2, 0.25) is 0 Å². The highest BCUT2D eigenvalue weighted by molar-refractivity contribution is 5.96. The predicted molar refractivity (Wildman–Crippen MR) is 85.1 cm³/mol. The van der Waals surface area contributed by atoms with Gasteiger partial charge in [-0.15, -0.1) is 0 Å². The highest BCUT2D eigenvalue weighted by atomic mass is 16.6. The van der Waals surface area contributed by atoms with E-state index in [0.717, 1.165) is 0 Å². The Hall–Kier alpha value is -2.41. The number of hydrogen-bond donors (Lipinski definition) is 2. The Morgan fingerprint density at radius 2 is 1.74 bits per heavy atom. The minimum Gasteiger partial charge on any atom is -0.463 e. The molecule has 126 valence electrons. The van der Waals surface area contributed by atoms with Crippen molar-refractivity contribution in [3.05, 3.63) is 29.8 Å². The maximum atomic E-state index is 11.7. The van der Waals surface area contributed by atoms with Gasteiger partial charge < -0.3 is 20.1 Å². The number of benzene rings is 1. The second-order valence-corrected chi connectivity index (χ2v) is 4.70. The third kappa shape index (κ3) is 7.42. The van der Waals surface area contributed by atoms with Crippen LogP contribution < -0.4 is 10.6 Å². The van der Waals surface area contributed by atoms with Crippen LogP contribution in [0.3, 0.4) is 0 Å². The molecule has 23 heavy (non-hydrogen) atoms. The predicted octanol–water partition coefficient (Wildman–Crippen LogP) is 1.34. The normalized spacial score (nSPS) is 10.0. The zero-order chi connectivity index (χ0) is 17.1. The first-order valence-electron chi connectivity index (χ1n) is 7.39. The van der Waals surface area contributed by atoms with Gasteiger partial charge in [0, 0.05) is 31.3 Å². The average Bonchev–Trinajstić information content (AvgIpc) is 2.54. The van der Waals surface area contributed by atoms with Gasteiger partial charge in [0.1, 0.15) is 6.61 Å². The van der Waals surface area contributed by atoms with Crippen molar-refractivity contribution in [2.24, 2.45) is 0 Å². The van der Waals surface area contributed by atoms with Crippen LogP contribution in [0.4, 0.5) is 5.69 Å². The molecule has 1 aromatic carbocycles. The number of hydrogen-bond acceptors (Lipinski definition) is 5. The second-order valence-electron chi connectivity index (χ2n) is 4.70. The molecule has 0 saturated carbocycles. The van der Waals surface area contributed by atoms with Crippen molar-refractivity contribution >= 4 is 23.5 Å². The van der Waals surface area contributed by atoms with Crippen molar-refractivity contribution in [2.75, 3.05) is 32.2 Å². The van der Waals surface area contributed by atoms with Gasteiger partial charge in [-0.1, -0.05) is 0 Å². The SMILES string of the molecule is CCNC(=O)c1ccc(NC(=O)CCC(=O)OCCOC)cc1. The van der Waals surface area contributed by atoms with Gasteiger partial charge in [0.15, 0.2) is 0 Å². The molecule has 0 unspecified atom stereocenters. The van der Waals surface area contributed by atoms with Crippen LogP contribution in [-0.2, 0) is 19.1 Å². The maximum Gasteiger partial charge on any atom is 0.306 e. The topological polar surface area (TPSA) is 93.7 Å². The van der Waals surface area contributed by atoms with Gasteiger partial charge in [0.05, 0.1) is 13.0 Å². The van der Waals surface area contributed by atoms with E-state index in [0.29, 0.717) is 24.4 Å². The standard InChI is InChI=1S/C16H22N2O5/c1-3-17-16(21)12-4-6-13(7-5-12)18-14(19)8-9-15(20)23-11-10-22-2/h4-7H,3,8-11H2,1-2H3,(H,17,21)(H,18,19). The summed E-state index contributed by atoms with van der Waals surface area (Å²) >= 11 is 0. The largest absolute Gasteiger partial charge is 0.463 e. The fraction of sp³-hybridized carbons (Fsp3) is 0.438. The van der Waals surface area contributed by atoms with Gasteiger partial charge in [0.25, 0.3) is 5.91 Å². The molecule has 0 saturated heterocycles. The number of anilines is 1. The number of methoxy groups -OCH3 is 1. The van der Waals surface area contributed by atoms with Crippen molar-refractivity contribution in [2.45, 2.75) is 19.8 Å². The molecule has 0 heterocycles. The van der Waals surface area contributed by atoms with Crippen molar-refractivity contribution in [3.63, 3.8) is 0 Å². The van der Waals surface area contributed by atoms with Crippen LogP contribution in [0.15, 0.2) is 24.3 Å². The van der Waals surface area contributed by atoms with E-state index in [9.17, 15) is 14.4 Å². The molecule has 0 atom stereocenters. The third-order valence-corrected chi connectivity index (χ3v) is 2.87. The zero-order valence-electron chi connectivity index (χ0n) is 13.4. The van der Waals surface area contributed by atoms with E-state index in [1.807, 2.05) is 6.92 Å². The Labute approximate surface area is 135 Å². The van der Waals surface area contributed by atoms with Gasteiger partial charge in [-0.25, -0.2) is 0 Å². The summed E-state index contributed by atoms with van der Waals surface area (Å²) in [5.41, 5.74) is 1.09. The summed E-state index contributed by atoms with van der Waals surface area (Å²) in [6, 6.07) is 6.53. The molecule has 1 rings (SSSR count). The summed E-state index contributed by atoms with van der Waals surface area (Å²) < 4.78 is 9.61. The fourth-order valence-electron chi connectivity index (χ4n) is 1.72. The molecule has 0 aliphatic carbocycles. The van der Waals surface area contributed by atoms with Crippen LogP contribution in [0.5, 0.6) is 0 Å². The summed E-state index contributed by atoms with van der Waals surface area (Å²) in [7, 11) is 1.51. The van der Waals surface area contributed by atoms with Gasteiger partial charge in [0.2, 0.25) is 5.91 Å². The highest BCUT2D eigenvalue weighted by Crippen LogP contribution is 2.10. The Morgan fingerprint density at radius 3 is 2.35 bits per heavy atom. The van der Waals surface area contributed by atoms with E-state index < -0.39 is 5.97 Å². The van der Waals surface area contributed by atoms with E-state index in [1.165, 1.54) is 7.11 Å². The molecule has 0 aliphatic heterocycles. The minimum absolute atomic E-state index is 0.00649. The first-order valence-corrected chi connectivity index (χ1v) is 7.39. The number of nitrogens with one attached hydrogen (secondary N) is 2. The molecule has 0 spiro atoms. The van der Waals surface area contributed by atoms with Crippen LogP contribution in [0.25, 0.3) is 0 Å². The van der Waals surface area contributed by atoms with Crippen LogP contribution >= 0.6 is 0 Å². The zero-order valence-corrected chi connectivity index (χ0v) is 13.4. The lowest BCUT2D eigenvalue weighted by Gasteiger charge is -2.07. The Morgan fingerprint density at radius 1 is 1.04 bits per heavy atom. The van der Waals surface area contributed by atoms with E-state index in [1.54, 1.807) is 24.3 Å². The monoisotopic (exact) mass is 322 g/mol. The van der Waals surface area contributed by atoms with Crippen molar-refractivity contribution in [3.8, 4) is 0 Å². The molecule has 7 heteroatoms. The molecular formula is C16H22N2O5. The number of ether oxygens (including phenoxy) is 2. The molecule has 1 aromatic rings. The van der Waals surface area contributed by atoms with Gasteiger partial charge in [-0.2, -0.15) is 0 Å². The minimum atomic E-state index is -0.441. The molecule has 0 fully saturated rings. The number of amides is 2. The van der Waals surface area contributed by atoms with Crippen LogP contribution in [-0.4, -0.2) is 44.7 Å². The lowest BCUT2D eigenvalue weighted by atomic mass is 10.2. The first-order chi connectivity index (χ1) is 11.1. The summed E-state index contributed by atoms with van der Waals surface area (Å²) in [5, 5.41) is 5.35. The number of carbonyl (C=O) groups is 3. The summed E-state index contributed by atoms with van der Waals surface area (Å²) in [6.45, 7) is 2.90. The molecule has 2 amide bonds. The fourth-order valence-corrected chi connectivity index (χ4v) is 1.72. The summed E-state index contributed by atoms with van der Waals surface area (Å²) in [5.74, 6) is -0.896. The average molecular weight is 322 g/mol. The van der Waals surface area contributed by atoms with E-state index in [2.05, 4.69) is 10.6 Å². The van der Waals surface area contributed by atoms with Gasteiger partial charge >= 0.3 is 5.97 Å². The van der Waals surface area contributed by atoms with Gasteiger partial charge in [-0.05, 0) is 31.2 Å². The molecule has 0 aromatic heterocycles. The Bertz CT molecular complexity index is 528. The smallest absolute Gasteiger partial charge is 0.306 e. The second kappa shape index (κ2) is 10.3. The van der Waals surface area contributed by atoms with Crippen LogP contribution in [0.1, 0.15) is 30.1 Å². The number of carbonyl (C=O) groups excluding carboxylic acids is 3. The quantitative estimate of drug-likeness (QED) is 0.529. The van der Waals surface area contributed by atoms with E-state index >= 15 is 0 Å². The van der Waals surface area contributed by atoms with E-state index in [-0.39, 0.29) is 31.3 Å². The lowest BCUT2D eigenvalue weighted by molar-refractivity contribution is -0.145. The maximum absolute atomic E-state index is 11.7. The lowest BCUT2D eigenvalue weighted by Crippen LogP contribution is -2.22. The highest BCUT2D eigenvalue weighted by Gasteiger charge is 2.09. The van der Waals surface area contributed by atoms with Crippen molar-refractivity contribution in [1.29, 1.82) is 0 Å². The van der Waals surface area contributed by atoms with Gasteiger partial charge in [-0.3, -0.25) is 14.4 Å². The molecule has 0 bridgehead atoms. The number of esters is 1. The third-order valence-electron chi connectivity index (χ3n) is 2.87. The Balaban J connectivity index is 2.36. The molecule has 2 N–H and O–H groups in total. The summed E-state index contributed by atoms with van der Waals surface area (Å²) in [4.78, 5) is 34.7. The Kier molecular flexibility index (Phi) is 8.38. The molecule has 7 nitrogen and oxygen atoms in total.